The molecule has 4 heteroatoms. The highest BCUT2D eigenvalue weighted by atomic mass is 28.2. The summed E-state index contributed by atoms with van der Waals surface area (Å²) in [6, 6.07) is 0. The molecule has 8 heavy (non-hydrogen) atoms. The molecule has 0 amide bonds. The molecule has 0 unspecified atom stereocenters. The van der Waals surface area contributed by atoms with Crippen LogP contribution in [0, 0.1) is 0 Å². The molecule has 0 fully saturated rings. The summed E-state index contributed by atoms with van der Waals surface area (Å²) in [7, 11) is -1.55. The van der Waals surface area contributed by atoms with Gasteiger partial charge in [-0.05, 0) is 6.92 Å². The van der Waals surface area contributed by atoms with Crippen molar-refractivity contribution in [1.29, 1.82) is 0 Å². The smallest absolute Gasteiger partial charge is 0.366 e. The van der Waals surface area contributed by atoms with Crippen molar-refractivity contribution in [3.63, 3.8) is 0 Å². The van der Waals surface area contributed by atoms with Crippen LogP contribution in [0.25, 0.3) is 0 Å². The van der Waals surface area contributed by atoms with Crippen molar-refractivity contribution >= 4 is 16.0 Å². The van der Waals surface area contributed by atoms with Gasteiger partial charge in [-0.1, -0.05) is 6.08 Å². The van der Waals surface area contributed by atoms with Gasteiger partial charge in [-0.3, -0.25) is 0 Å². The molecule has 0 atom stereocenters. The van der Waals surface area contributed by atoms with Crippen molar-refractivity contribution in [3.05, 3.63) is 12.2 Å². The van der Waals surface area contributed by atoms with Crippen LogP contribution in [-0.4, -0.2) is 20.8 Å². The molecule has 0 aromatic rings. The van der Waals surface area contributed by atoms with E-state index in [0.717, 1.165) is 0 Å². The lowest BCUT2D eigenvalue weighted by Crippen LogP contribution is -2.03. The lowest BCUT2D eigenvalue weighted by molar-refractivity contribution is -0.129. The van der Waals surface area contributed by atoms with Crippen LogP contribution in [-0.2, 0) is 9.22 Å². The maximum absolute atomic E-state index is 10.2. The molecular weight excluding hydrogens is 124 g/mol. The second kappa shape index (κ2) is 4.54. The zero-order chi connectivity index (χ0) is 6.41. The van der Waals surface area contributed by atoms with E-state index in [1.165, 1.54) is 6.08 Å². The van der Waals surface area contributed by atoms with Crippen molar-refractivity contribution in [1.82, 2.24) is 0 Å². The predicted molar refractivity (Wildman–Crippen MR) is 31.7 cm³/mol. The van der Waals surface area contributed by atoms with E-state index in [0.29, 0.717) is 0 Å². The van der Waals surface area contributed by atoms with E-state index in [-0.39, 0.29) is 0 Å². The molecule has 0 aromatic heterocycles. The summed E-state index contributed by atoms with van der Waals surface area (Å²) in [6.45, 7) is 1.71. The fourth-order valence-electron chi connectivity index (χ4n) is 0.248. The van der Waals surface area contributed by atoms with E-state index >= 15 is 0 Å². The van der Waals surface area contributed by atoms with Gasteiger partial charge in [0, 0.05) is 6.08 Å². The summed E-state index contributed by atoms with van der Waals surface area (Å²) >= 11 is 0. The number of allylic oxidation sites excluding steroid dienone is 1. The molecule has 0 aliphatic heterocycles. The SMILES string of the molecule is CC=CC(=O)O[SiH2]O. The summed E-state index contributed by atoms with van der Waals surface area (Å²) in [6.07, 6.45) is 2.83. The lowest BCUT2D eigenvalue weighted by Gasteiger charge is -1.90. The molecular formula is C4H8O3Si. The summed E-state index contributed by atoms with van der Waals surface area (Å²) < 4.78 is 4.25. The third-order valence-corrected chi connectivity index (χ3v) is 0.923. The summed E-state index contributed by atoms with van der Waals surface area (Å²) in [4.78, 5) is 18.3. The minimum Gasteiger partial charge on any atom is -0.496 e. The molecule has 0 saturated heterocycles. The third-order valence-electron chi connectivity index (χ3n) is 0.510. The molecule has 3 nitrogen and oxygen atoms in total. The van der Waals surface area contributed by atoms with E-state index in [9.17, 15) is 4.79 Å². The lowest BCUT2D eigenvalue weighted by atomic mass is 10.5. The predicted octanol–water partition coefficient (Wildman–Crippen LogP) is -0.903. The summed E-state index contributed by atoms with van der Waals surface area (Å²) in [5.74, 6) is -0.457. The van der Waals surface area contributed by atoms with Crippen molar-refractivity contribution in [2.24, 2.45) is 0 Å². The zero-order valence-corrected chi connectivity index (χ0v) is 6.04. The standard InChI is InChI=1S/C4H8O3Si/c1-2-3-4(5)7-8-6/h2-3,6H,8H2,1H3. The number of hydrogen-bond donors (Lipinski definition) is 1. The Hall–Kier alpha value is -0.613. The molecule has 0 radical (unpaired) electrons. The Labute approximate surface area is 50.0 Å². The largest absolute Gasteiger partial charge is 0.496 e. The Morgan fingerprint density at radius 3 is 2.88 bits per heavy atom. The van der Waals surface area contributed by atoms with Gasteiger partial charge in [-0.25, -0.2) is 4.79 Å². The molecule has 0 bridgehead atoms. The van der Waals surface area contributed by atoms with Gasteiger partial charge in [-0.15, -0.1) is 0 Å². The van der Waals surface area contributed by atoms with Crippen molar-refractivity contribution < 1.29 is 14.0 Å². The van der Waals surface area contributed by atoms with Gasteiger partial charge in [0.2, 0.25) is 0 Å². The Kier molecular flexibility index (Phi) is 4.20. The summed E-state index contributed by atoms with van der Waals surface area (Å²) in [5.41, 5.74) is 0. The van der Waals surface area contributed by atoms with Gasteiger partial charge < -0.3 is 9.22 Å². The normalized spacial score (nSPS) is 11.2. The van der Waals surface area contributed by atoms with E-state index in [4.69, 9.17) is 4.80 Å². The van der Waals surface area contributed by atoms with Gasteiger partial charge >= 0.3 is 16.0 Å². The second-order valence-electron chi connectivity index (χ2n) is 1.09. The van der Waals surface area contributed by atoms with Crippen molar-refractivity contribution in [3.8, 4) is 0 Å². The first kappa shape index (κ1) is 7.39. The number of carbonyl (C=O) groups is 1. The summed E-state index contributed by atoms with van der Waals surface area (Å²) in [5, 5.41) is 0. The molecule has 0 aromatic carbocycles. The van der Waals surface area contributed by atoms with Gasteiger partial charge in [-0.2, -0.15) is 0 Å². The molecule has 0 aliphatic rings. The third kappa shape index (κ3) is 3.57. The minimum atomic E-state index is -1.55. The average molecular weight is 132 g/mol. The average Bonchev–Trinajstić information content (AvgIpc) is 1.68. The van der Waals surface area contributed by atoms with Crippen LogP contribution in [0.5, 0.6) is 0 Å². The molecule has 0 rings (SSSR count). The highest BCUT2D eigenvalue weighted by molar-refractivity contribution is 6.21. The Morgan fingerprint density at radius 2 is 2.50 bits per heavy atom. The first-order valence-corrected chi connectivity index (χ1v) is 3.42. The number of rotatable bonds is 2. The molecule has 46 valence electrons. The van der Waals surface area contributed by atoms with E-state index in [2.05, 4.69) is 4.43 Å². The van der Waals surface area contributed by atoms with Crippen LogP contribution in [0.3, 0.4) is 0 Å². The molecule has 0 saturated carbocycles. The molecule has 0 heterocycles. The quantitative estimate of drug-likeness (QED) is 0.391. The molecule has 0 spiro atoms. The van der Waals surface area contributed by atoms with E-state index < -0.39 is 16.0 Å². The van der Waals surface area contributed by atoms with Gasteiger partial charge in [0.05, 0.1) is 0 Å². The second-order valence-corrected chi connectivity index (χ2v) is 1.64. The van der Waals surface area contributed by atoms with Crippen LogP contribution < -0.4 is 0 Å². The van der Waals surface area contributed by atoms with Gasteiger partial charge in [0.15, 0.2) is 0 Å². The van der Waals surface area contributed by atoms with Crippen LogP contribution in [0.15, 0.2) is 12.2 Å². The van der Waals surface area contributed by atoms with Crippen LogP contribution in [0.2, 0.25) is 0 Å². The molecule has 1 N–H and O–H groups in total. The van der Waals surface area contributed by atoms with Crippen molar-refractivity contribution in [2.75, 3.05) is 0 Å². The maximum atomic E-state index is 10.2. The topological polar surface area (TPSA) is 46.5 Å². The van der Waals surface area contributed by atoms with E-state index in [1.54, 1.807) is 13.0 Å². The highest BCUT2D eigenvalue weighted by Gasteiger charge is 1.89. The number of hydrogen-bond acceptors (Lipinski definition) is 3. The highest BCUT2D eigenvalue weighted by Crippen LogP contribution is 1.75. The van der Waals surface area contributed by atoms with Gasteiger partial charge in [0.25, 0.3) is 0 Å². The zero-order valence-electron chi connectivity index (χ0n) is 4.63. The Morgan fingerprint density at radius 1 is 1.88 bits per heavy atom. The van der Waals surface area contributed by atoms with Crippen LogP contribution in [0.1, 0.15) is 6.92 Å². The van der Waals surface area contributed by atoms with Gasteiger partial charge in [0.1, 0.15) is 0 Å². The maximum Gasteiger partial charge on any atom is 0.366 e. The first-order valence-electron chi connectivity index (χ1n) is 2.21. The Balaban J connectivity index is 3.33. The van der Waals surface area contributed by atoms with Crippen LogP contribution in [0.4, 0.5) is 0 Å². The first-order chi connectivity index (χ1) is 3.81. The van der Waals surface area contributed by atoms with Crippen LogP contribution >= 0.6 is 0 Å². The monoisotopic (exact) mass is 132 g/mol. The van der Waals surface area contributed by atoms with Crippen molar-refractivity contribution in [2.45, 2.75) is 6.92 Å². The Bertz CT molecular complexity index is 99.5. The molecule has 0 aliphatic carbocycles. The fraction of sp³-hybridized carbons (Fsp3) is 0.250. The fourth-order valence-corrected chi connectivity index (χ4v) is 0.471. The number of carbonyl (C=O) groups excluding carboxylic acids is 1. The van der Waals surface area contributed by atoms with E-state index in [1.807, 2.05) is 0 Å². The minimum absolute atomic E-state index is 0.457.